The molecule has 2 aromatic carbocycles. The first-order chi connectivity index (χ1) is 11.7. The first-order valence-electron chi connectivity index (χ1n) is 7.91. The van der Waals surface area contributed by atoms with Gasteiger partial charge in [0.25, 0.3) is 0 Å². The molecular weight excluding hydrogens is 306 g/mol. The lowest BCUT2D eigenvalue weighted by molar-refractivity contribution is 0.134. The maximum absolute atomic E-state index is 5.52. The molecule has 5 heteroatoms. The second-order valence-electron chi connectivity index (χ2n) is 5.17. The Morgan fingerprint density at radius 3 is 2.17 bits per heavy atom. The summed E-state index contributed by atoms with van der Waals surface area (Å²) in [6.07, 6.45) is 0. The Labute approximate surface area is 143 Å². The van der Waals surface area contributed by atoms with E-state index in [0.717, 1.165) is 22.6 Å². The van der Waals surface area contributed by atoms with E-state index in [-0.39, 0.29) is 0 Å². The van der Waals surface area contributed by atoms with Crippen LogP contribution in [0.5, 0.6) is 17.2 Å². The largest absolute Gasteiger partial charge is 0.496 e. The van der Waals surface area contributed by atoms with Gasteiger partial charge >= 0.3 is 0 Å². The summed E-state index contributed by atoms with van der Waals surface area (Å²) in [4.78, 5) is 0. The molecule has 0 aliphatic heterocycles. The SMILES string of the molecule is CCOCc1ccccc1NCc1cc(OC)c(OC)cc1OC. The number of nitrogens with one attached hydrogen (secondary N) is 1. The third kappa shape index (κ3) is 4.32. The molecule has 0 aliphatic rings. The van der Waals surface area contributed by atoms with E-state index in [9.17, 15) is 0 Å². The zero-order valence-corrected chi connectivity index (χ0v) is 14.7. The van der Waals surface area contributed by atoms with Gasteiger partial charge in [0.2, 0.25) is 0 Å². The molecule has 0 bridgehead atoms. The molecule has 0 aromatic heterocycles. The fourth-order valence-electron chi connectivity index (χ4n) is 2.45. The van der Waals surface area contributed by atoms with Gasteiger partial charge in [0, 0.05) is 36.0 Å². The number of ether oxygens (including phenoxy) is 4. The first kappa shape index (κ1) is 17.9. The lowest BCUT2D eigenvalue weighted by atomic mass is 10.1. The van der Waals surface area contributed by atoms with Crippen molar-refractivity contribution in [2.45, 2.75) is 20.1 Å². The fraction of sp³-hybridized carbons (Fsp3) is 0.368. The first-order valence-corrected chi connectivity index (χ1v) is 7.91. The predicted molar refractivity (Wildman–Crippen MR) is 95.2 cm³/mol. The average molecular weight is 331 g/mol. The Morgan fingerprint density at radius 1 is 0.833 bits per heavy atom. The summed E-state index contributed by atoms with van der Waals surface area (Å²) < 4.78 is 21.7. The van der Waals surface area contributed by atoms with Crippen LogP contribution in [0.15, 0.2) is 36.4 Å². The molecule has 24 heavy (non-hydrogen) atoms. The van der Waals surface area contributed by atoms with Crippen molar-refractivity contribution in [3.05, 3.63) is 47.5 Å². The van der Waals surface area contributed by atoms with Crippen LogP contribution in [0.2, 0.25) is 0 Å². The molecular formula is C19H25NO4. The third-order valence-electron chi connectivity index (χ3n) is 3.73. The van der Waals surface area contributed by atoms with Gasteiger partial charge in [-0.3, -0.25) is 0 Å². The molecule has 5 nitrogen and oxygen atoms in total. The summed E-state index contributed by atoms with van der Waals surface area (Å²) in [5.41, 5.74) is 3.16. The van der Waals surface area contributed by atoms with Crippen LogP contribution < -0.4 is 19.5 Å². The van der Waals surface area contributed by atoms with Crippen LogP contribution in [-0.2, 0) is 17.9 Å². The van der Waals surface area contributed by atoms with Crippen molar-refractivity contribution >= 4 is 5.69 Å². The van der Waals surface area contributed by atoms with E-state index in [4.69, 9.17) is 18.9 Å². The predicted octanol–water partition coefficient (Wildman–Crippen LogP) is 3.86. The van der Waals surface area contributed by atoms with Crippen molar-refractivity contribution in [3.8, 4) is 17.2 Å². The summed E-state index contributed by atoms with van der Waals surface area (Å²) in [6, 6.07) is 11.9. The molecule has 0 radical (unpaired) electrons. The van der Waals surface area contributed by atoms with Crippen molar-refractivity contribution in [2.24, 2.45) is 0 Å². The number of benzene rings is 2. The smallest absolute Gasteiger partial charge is 0.164 e. The molecule has 2 aromatic rings. The maximum atomic E-state index is 5.52. The van der Waals surface area contributed by atoms with E-state index in [2.05, 4.69) is 11.4 Å². The molecule has 2 rings (SSSR count). The Balaban J connectivity index is 2.20. The highest BCUT2D eigenvalue weighted by atomic mass is 16.5. The summed E-state index contributed by atoms with van der Waals surface area (Å²) in [7, 11) is 4.88. The lowest BCUT2D eigenvalue weighted by Gasteiger charge is -2.16. The van der Waals surface area contributed by atoms with E-state index in [1.807, 2.05) is 37.3 Å². The zero-order valence-electron chi connectivity index (χ0n) is 14.7. The fourth-order valence-corrected chi connectivity index (χ4v) is 2.45. The molecule has 130 valence electrons. The van der Waals surface area contributed by atoms with Gasteiger partial charge in [-0.15, -0.1) is 0 Å². The van der Waals surface area contributed by atoms with Crippen molar-refractivity contribution in [3.63, 3.8) is 0 Å². The van der Waals surface area contributed by atoms with E-state index in [0.29, 0.717) is 31.3 Å². The molecule has 0 amide bonds. The molecule has 0 unspecified atom stereocenters. The summed E-state index contributed by atoms with van der Waals surface area (Å²) in [6.45, 7) is 3.87. The standard InChI is InChI=1S/C19H25NO4/c1-5-24-13-14-8-6-7-9-16(14)20-12-15-10-18(22-3)19(23-4)11-17(15)21-2/h6-11,20H,5,12-13H2,1-4H3. The van der Waals surface area contributed by atoms with Crippen LogP contribution in [0.1, 0.15) is 18.1 Å². The Hall–Kier alpha value is -2.40. The van der Waals surface area contributed by atoms with Gasteiger partial charge in [0.1, 0.15) is 5.75 Å². The number of anilines is 1. The van der Waals surface area contributed by atoms with Crippen LogP contribution >= 0.6 is 0 Å². The summed E-state index contributed by atoms with van der Waals surface area (Å²) in [5, 5.41) is 3.45. The van der Waals surface area contributed by atoms with Crippen molar-refractivity contribution in [1.82, 2.24) is 0 Å². The number of para-hydroxylation sites is 1. The second kappa shape index (κ2) is 9.03. The van der Waals surface area contributed by atoms with Gasteiger partial charge in [-0.25, -0.2) is 0 Å². The van der Waals surface area contributed by atoms with E-state index in [1.54, 1.807) is 21.3 Å². The van der Waals surface area contributed by atoms with Gasteiger partial charge in [0.05, 0.1) is 27.9 Å². The van der Waals surface area contributed by atoms with Gasteiger partial charge < -0.3 is 24.3 Å². The summed E-state index contributed by atoms with van der Waals surface area (Å²) in [5.74, 6) is 2.08. The number of rotatable bonds is 9. The Kier molecular flexibility index (Phi) is 6.75. The molecule has 0 saturated heterocycles. The van der Waals surface area contributed by atoms with Gasteiger partial charge in [0.15, 0.2) is 11.5 Å². The Morgan fingerprint density at radius 2 is 1.50 bits per heavy atom. The molecule has 0 aliphatic carbocycles. The second-order valence-corrected chi connectivity index (χ2v) is 5.17. The Bertz CT molecular complexity index is 658. The monoisotopic (exact) mass is 331 g/mol. The van der Waals surface area contributed by atoms with Crippen LogP contribution in [0.4, 0.5) is 5.69 Å². The highest BCUT2D eigenvalue weighted by molar-refractivity contribution is 5.55. The van der Waals surface area contributed by atoms with E-state index >= 15 is 0 Å². The minimum absolute atomic E-state index is 0.586. The number of hydrogen-bond donors (Lipinski definition) is 1. The van der Waals surface area contributed by atoms with E-state index in [1.165, 1.54) is 0 Å². The normalized spacial score (nSPS) is 10.3. The van der Waals surface area contributed by atoms with Crippen molar-refractivity contribution in [1.29, 1.82) is 0 Å². The van der Waals surface area contributed by atoms with Crippen LogP contribution in [0.25, 0.3) is 0 Å². The van der Waals surface area contributed by atoms with Gasteiger partial charge in [-0.05, 0) is 19.1 Å². The quantitative estimate of drug-likeness (QED) is 0.756. The van der Waals surface area contributed by atoms with Crippen LogP contribution in [0, 0.1) is 0 Å². The highest BCUT2D eigenvalue weighted by Gasteiger charge is 2.12. The van der Waals surface area contributed by atoms with Crippen LogP contribution in [-0.4, -0.2) is 27.9 Å². The topological polar surface area (TPSA) is 49.0 Å². The van der Waals surface area contributed by atoms with Gasteiger partial charge in [-0.1, -0.05) is 18.2 Å². The molecule has 0 spiro atoms. The van der Waals surface area contributed by atoms with E-state index < -0.39 is 0 Å². The minimum atomic E-state index is 0.586. The highest BCUT2D eigenvalue weighted by Crippen LogP contribution is 2.35. The van der Waals surface area contributed by atoms with Gasteiger partial charge in [-0.2, -0.15) is 0 Å². The minimum Gasteiger partial charge on any atom is -0.496 e. The molecule has 0 fully saturated rings. The van der Waals surface area contributed by atoms with Crippen LogP contribution in [0.3, 0.4) is 0 Å². The lowest BCUT2D eigenvalue weighted by Crippen LogP contribution is -2.06. The maximum Gasteiger partial charge on any atom is 0.164 e. The van der Waals surface area contributed by atoms with Crippen molar-refractivity contribution < 1.29 is 18.9 Å². The molecule has 0 heterocycles. The summed E-state index contributed by atoms with van der Waals surface area (Å²) >= 11 is 0. The zero-order chi connectivity index (χ0) is 17.4. The molecule has 0 atom stereocenters. The van der Waals surface area contributed by atoms with Crippen molar-refractivity contribution in [2.75, 3.05) is 33.3 Å². The third-order valence-corrected chi connectivity index (χ3v) is 3.73. The number of hydrogen-bond acceptors (Lipinski definition) is 5. The molecule has 1 N–H and O–H groups in total. The average Bonchev–Trinajstić information content (AvgIpc) is 2.64. The number of methoxy groups -OCH3 is 3. The molecule has 0 saturated carbocycles.